The summed E-state index contributed by atoms with van der Waals surface area (Å²) in [7, 11) is -3.03. The lowest BCUT2D eigenvalue weighted by atomic mass is 9.76. The Hall–Kier alpha value is -0.180. The monoisotopic (exact) mass is 288 g/mol. The van der Waals surface area contributed by atoms with Crippen LogP contribution in [-0.2, 0) is 18.4 Å². The minimum atomic E-state index is -3.03. The summed E-state index contributed by atoms with van der Waals surface area (Å²) >= 11 is 0. The largest absolute Gasteiger partial charge is 0.330 e. The molecule has 110 valence electrons. The van der Waals surface area contributed by atoms with Crippen molar-refractivity contribution in [3.05, 3.63) is 0 Å². The minimum Gasteiger partial charge on any atom is -0.309 e. The van der Waals surface area contributed by atoms with Gasteiger partial charge in [-0.15, -0.1) is 0 Å². The Bertz CT molecular complexity index is 368. The molecule has 0 aromatic heterocycles. The molecule has 0 saturated heterocycles. The summed E-state index contributed by atoms with van der Waals surface area (Å²) in [6.07, 6.45) is 6.08. The van der Waals surface area contributed by atoms with Crippen molar-refractivity contribution in [1.82, 2.24) is 0 Å². The zero-order valence-electron chi connectivity index (χ0n) is 12.0. The Labute approximate surface area is 115 Å². The molecule has 2 aliphatic rings. The van der Waals surface area contributed by atoms with Crippen LogP contribution in [0.4, 0.5) is 0 Å². The quantitative estimate of drug-likeness (QED) is 0.698. The van der Waals surface area contributed by atoms with Crippen molar-refractivity contribution in [3.63, 3.8) is 0 Å². The molecule has 2 saturated carbocycles. The summed E-state index contributed by atoms with van der Waals surface area (Å²) < 4.78 is 23.4. The zero-order chi connectivity index (χ0) is 13.9. The van der Waals surface area contributed by atoms with E-state index in [0.717, 1.165) is 32.1 Å². The van der Waals surface area contributed by atoms with Crippen LogP contribution in [0.2, 0.25) is 0 Å². The van der Waals surface area contributed by atoms with E-state index in [1.807, 2.05) is 13.8 Å². The third-order valence-corrected chi connectivity index (χ3v) is 6.83. The molecule has 4 nitrogen and oxygen atoms in total. The molecule has 0 aliphatic heterocycles. The molecule has 1 unspecified atom stereocenters. The van der Waals surface area contributed by atoms with Crippen LogP contribution in [0.1, 0.15) is 52.4 Å². The number of carbonyl (C=O) groups excluding carboxylic acids is 1. The van der Waals surface area contributed by atoms with E-state index in [1.165, 1.54) is 0 Å². The van der Waals surface area contributed by atoms with Gasteiger partial charge in [0.05, 0.1) is 19.4 Å². The van der Waals surface area contributed by atoms with Crippen LogP contribution in [0.3, 0.4) is 0 Å². The van der Waals surface area contributed by atoms with Crippen molar-refractivity contribution in [1.29, 1.82) is 0 Å². The van der Waals surface area contributed by atoms with Gasteiger partial charge < -0.3 is 9.05 Å². The van der Waals surface area contributed by atoms with Crippen LogP contribution in [0.25, 0.3) is 0 Å². The smallest absolute Gasteiger partial charge is 0.309 e. The normalized spacial score (nSPS) is 31.5. The van der Waals surface area contributed by atoms with Gasteiger partial charge in [-0.05, 0) is 45.4 Å². The minimum absolute atomic E-state index is 0.187. The molecular weight excluding hydrogens is 263 g/mol. The summed E-state index contributed by atoms with van der Waals surface area (Å²) in [4.78, 5) is 12.2. The molecule has 0 heterocycles. The van der Waals surface area contributed by atoms with Crippen LogP contribution in [0.5, 0.6) is 0 Å². The number of rotatable bonds is 6. The van der Waals surface area contributed by atoms with Gasteiger partial charge in [0.25, 0.3) is 0 Å². The molecule has 2 aliphatic carbocycles. The Morgan fingerprint density at radius 1 is 1.21 bits per heavy atom. The second-order valence-electron chi connectivity index (χ2n) is 5.65. The second kappa shape index (κ2) is 6.07. The fourth-order valence-electron chi connectivity index (χ4n) is 3.87. The van der Waals surface area contributed by atoms with E-state index in [2.05, 4.69) is 0 Å². The summed E-state index contributed by atoms with van der Waals surface area (Å²) in [6.45, 7) is 4.45. The first-order valence-corrected chi connectivity index (χ1v) is 9.20. The van der Waals surface area contributed by atoms with Crippen molar-refractivity contribution in [2.75, 3.05) is 19.4 Å². The highest BCUT2D eigenvalue weighted by Gasteiger charge is 2.52. The number of hydrogen-bond acceptors (Lipinski definition) is 4. The standard InChI is InChI=1S/C14H25O4P/c1-3-17-19(16,18-4-2)11-12-7-5-9-14(12)10-6-8-13(14)15/h12H,3-11H2,1-2H3/t12-,14?/m1/s1. The molecule has 2 fully saturated rings. The van der Waals surface area contributed by atoms with Crippen LogP contribution in [0, 0.1) is 11.3 Å². The molecule has 1 spiro atoms. The van der Waals surface area contributed by atoms with Crippen molar-refractivity contribution >= 4 is 13.4 Å². The Morgan fingerprint density at radius 2 is 1.84 bits per heavy atom. The van der Waals surface area contributed by atoms with Crippen molar-refractivity contribution in [2.45, 2.75) is 52.4 Å². The van der Waals surface area contributed by atoms with Crippen LogP contribution in [0.15, 0.2) is 0 Å². The fourth-order valence-corrected chi connectivity index (χ4v) is 6.01. The van der Waals surface area contributed by atoms with Gasteiger partial charge in [-0.25, -0.2) is 0 Å². The van der Waals surface area contributed by atoms with Gasteiger partial charge in [0, 0.05) is 11.8 Å². The molecule has 0 radical (unpaired) electrons. The maximum atomic E-state index is 12.7. The second-order valence-corrected chi connectivity index (χ2v) is 7.75. The molecule has 2 rings (SSSR count). The summed E-state index contributed by atoms with van der Waals surface area (Å²) in [6, 6.07) is 0. The summed E-state index contributed by atoms with van der Waals surface area (Å²) in [5.74, 6) is 0.570. The molecule has 0 amide bonds. The van der Waals surface area contributed by atoms with Crippen molar-refractivity contribution < 1.29 is 18.4 Å². The molecule has 0 bridgehead atoms. The Morgan fingerprint density at radius 3 is 2.37 bits per heavy atom. The number of ketones is 1. The van der Waals surface area contributed by atoms with Crippen molar-refractivity contribution in [2.24, 2.45) is 11.3 Å². The third-order valence-electron chi connectivity index (χ3n) is 4.63. The molecule has 0 aromatic carbocycles. The topological polar surface area (TPSA) is 52.6 Å². The van der Waals surface area contributed by atoms with E-state index >= 15 is 0 Å². The summed E-state index contributed by atoms with van der Waals surface area (Å²) in [5.41, 5.74) is -0.205. The average molecular weight is 288 g/mol. The molecule has 19 heavy (non-hydrogen) atoms. The average Bonchev–Trinajstić information content (AvgIpc) is 2.90. The van der Waals surface area contributed by atoms with E-state index < -0.39 is 7.60 Å². The first-order valence-electron chi connectivity index (χ1n) is 7.48. The van der Waals surface area contributed by atoms with Crippen LogP contribution >= 0.6 is 7.60 Å². The van der Waals surface area contributed by atoms with E-state index in [1.54, 1.807) is 0 Å². The number of carbonyl (C=O) groups is 1. The number of hydrogen-bond donors (Lipinski definition) is 0. The lowest BCUT2D eigenvalue weighted by Crippen LogP contribution is -2.32. The van der Waals surface area contributed by atoms with E-state index in [-0.39, 0.29) is 11.3 Å². The van der Waals surface area contributed by atoms with Crippen molar-refractivity contribution in [3.8, 4) is 0 Å². The van der Waals surface area contributed by atoms with E-state index in [4.69, 9.17) is 9.05 Å². The van der Waals surface area contributed by atoms with Crippen LogP contribution in [-0.4, -0.2) is 25.2 Å². The third kappa shape index (κ3) is 2.96. The Balaban J connectivity index is 2.12. The lowest BCUT2D eigenvalue weighted by molar-refractivity contribution is -0.127. The number of Topliss-reactive ketones (excluding diaryl/α,β-unsaturated/α-hetero) is 1. The van der Waals surface area contributed by atoms with Gasteiger partial charge in [0.1, 0.15) is 5.78 Å². The highest BCUT2D eigenvalue weighted by Crippen LogP contribution is 2.59. The van der Waals surface area contributed by atoms with E-state index in [9.17, 15) is 9.36 Å². The molecular formula is C14H25O4P. The van der Waals surface area contributed by atoms with Gasteiger partial charge in [0.15, 0.2) is 0 Å². The highest BCUT2D eigenvalue weighted by molar-refractivity contribution is 7.53. The first-order chi connectivity index (χ1) is 9.06. The van der Waals surface area contributed by atoms with Crippen LogP contribution < -0.4 is 0 Å². The van der Waals surface area contributed by atoms with Gasteiger partial charge in [-0.2, -0.15) is 0 Å². The van der Waals surface area contributed by atoms with Gasteiger partial charge in [-0.3, -0.25) is 9.36 Å². The SMILES string of the molecule is CCOP(=O)(C[C@H]1CCCC12CCCC2=O)OCC. The van der Waals surface area contributed by atoms with E-state index in [0.29, 0.717) is 31.6 Å². The van der Waals surface area contributed by atoms with Gasteiger partial charge in [0.2, 0.25) is 0 Å². The maximum absolute atomic E-state index is 12.7. The summed E-state index contributed by atoms with van der Waals surface area (Å²) in [5, 5.41) is 0. The predicted octanol–water partition coefficient (Wildman–Crippen LogP) is 3.79. The maximum Gasteiger partial charge on any atom is 0.330 e. The first kappa shape index (κ1) is 15.2. The highest BCUT2D eigenvalue weighted by atomic mass is 31.2. The fraction of sp³-hybridized carbons (Fsp3) is 0.929. The molecule has 5 heteroatoms. The molecule has 0 aromatic rings. The Kier molecular flexibility index (Phi) is 4.86. The molecule has 2 atom stereocenters. The van der Waals surface area contributed by atoms with Gasteiger partial charge in [-0.1, -0.05) is 6.42 Å². The predicted molar refractivity (Wildman–Crippen MR) is 74.4 cm³/mol. The lowest BCUT2D eigenvalue weighted by Gasteiger charge is -2.31. The zero-order valence-corrected chi connectivity index (χ0v) is 12.9. The van der Waals surface area contributed by atoms with Gasteiger partial charge >= 0.3 is 7.60 Å². The molecule has 0 N–H and O–H groups in total.